The van der Waals surface area contributed by atoms with Gasteiger partial charge in [-0.2, -0.15) is 0 Å². The molecule has 0 spiro atoms. The number of nitrogens with zero attached hydrogens (tertiary/aromatic N) is 1. The molecule has 1 aromatic rings. The second-order valence-corrected chi connectivity index (χ2v) is 5.72. The van der Waals surface area contributed by atoms with E-state index in [0.29, 0.717) is 18.8 Å². The van der Waals surface area contributed by atoms with Crippen molar-refractivity contribution in [3.8, 4) is 11.5 Å². The first-order valence-electron chi connectivity index (χ1n) is 6.62. The van der Waals surface area contributed by atoms with Gasteiger partial charge in [0.2, 0.25) is 0 Å². The number of amides is 1. The third-order valence-corrected chi connectivity index (χ3v) is 3.27. The summed E-state index contributed by atoms with van der Waals surface area (Å²) in [6.45, 7) is 4.75. The van der Waals surface area contributed by atoms with Crippen LogP contribution < -0.4 is 15.2 Å². The van der Waals surface area contributed by atoms with Crippen molar-refractivity contribution in [1.29, 1.82) is 0 Å². The van der Waals surface area contributed by atoms with Crippen molar-refractivity contribution in [2.75, 3.05) is 34.4 Å². The molecule has 0 aliphatic rings. The zero-order chi connectivity index (χ0) is 16.2. The molecule has 2 N–H and O–H groups in total. The summed E-state index contributed by atoms with van der Waals surface area (Å²) in [6.07, 6.45) is 0. The number of benzene rings is 1. The van der Waals surface area contributed by atoms with E-state index in [9.17, 15) is 9.18 Å². The van der Waals surface area contributed by atoms with Crippen LogP contribution in [-0.2, 0) is 0 Å². The minimum atomic E-state index is -0.643. The number of carbonyl (C=O) groups is 1. The van der Waals surface area contributed by atoms with Gasteiger partial charge in [-0.1, -0.05) is 13.8 Å². The van der Waals surface area contributed by atoms with E-state index in [0.717, 1.165) is 6.07 Å². The van der Waals surface area contributed by atoms with Crippen molar-refractivity contribution in [3.05, 3.63) is 23.5 Å². The number of rotatable bonds is 6. The van der Waals surface area contributed by atoms with Crippen LogP contribution in [0.2, 0.25) is 0 Å². The Morgan fingerprint density at radius 2 is 1.77 bits per heavy atom. The minimum Gasteiger partial charge on any atom is -0.493 e. The number of hydrogen-bond acceptors (Lipinski definition) is 4. The van der Waals surface area contributed by atoms with E-state index in [1.165, 1.54) is 25.2 Å². The number of carbonyl (C=O) groups excluding carboxylic acids is 1. The molecule has 22 heavy (non-hydrogen) atoms. The van der Waals surface area contributed by atoms with Crippen molar-refractivity contribution in [1.82, 2.24) is 4.90 Å². The number of hydrogen-bond donors (Lipinski definition) is 1. The Labute approximate surface area is 137 Å². The molecular weight excluding hydrogens is 311 g/mol. The summed E-state index contributed by atoms with van der Waals surface area (Å²) in [5, 5.41) is 0. The van der Waals surface area contributed by atoms with Gasteiger partial charge in [-0.3, -0.25) is 4.79 Å². The fourth-order valence-electron chi connectivity index (χ4n) is 2.00. The highest BCUT2D eigenvalue weighted by atomic mass is 35.5. The zero-order valence-corrected chi connectivity index (χ0v) is 14.4. The van der Waals surface area contributed by atoms with Gasteiger partial charge < -0.3 is 20.1 Å². The summed E-state index contributed by atoms with van der Waals surface area (Å²) in [5.74, 6) is -0.504. The first kappa shape index (κ1) is 20.5. The Hall–Kier alpha value is -1.53. The Bertz CT molecular complexity index is 524. The molecule has 1 rings (SSSR count). The number of nitrogens with two attached hydrogens (primary N) is 1. The van der Waals surface area contributed by atoms with Crippen LogP contribution in [-0.4, -0.2) is 45.2 Å². The summed E-state index contributed by atoms with van der Waals surface area (Å²) in [5.41, 5.74) is 5.37. The largest absolute Gasteiger partial charge is 0.493 e. The van der Waals surface area contributed by atoms with E-state index in [1.54, 1.807) is 7.05 Å². The van der Waals surface area contributed by atoms with Gasteiger partial charge in [0.25, 0.3) is 5.91 Å². The Kier molecular flexibility index (Phi) is 7.62. The summed E-state index contributed by atoms with van der Waals surface area (Å²) in [4.78, 5) is 13.8. The van der Waals surface area contributed by atoms with E-state index >= 15 is 0 Å². The maximum Gasteiger partial charge on any atom is 0.256 e. The van der Waals surface area contributed by atoms with Crippen LogP contribution in [0.5, 0.6) is 11.5 Å². The lowest BCUT2D eigenvalue weighted by molar-refractivity contribution is 0.0735. The van der Waals surface area contributed by atoms with E-state index < -0.39 is 11.7 Å². The molecule has 0 aromatic heterocycles. The maximum atomic E-state index is 14.1. The van der Waals surface area contributed by atoms with Crippen LogP contribution in [0.3, 0.4) is 0 Å². The van der Waals surface area contributed by atoms with Crippen LogP contribution in [0.25, 0.3) is 0 Å². The van der Waals surface area contributed by atoms with Crippen LogP contribution in [0.15, 0.2) is 12.1 Å². The predicted molar refractivity (Wildman–Crippen MR) is 86.5 cm³/mol. The van der Waals surface area contributed by atoms with E-state index in [1.807, 2.05) is 13.8 Å². The zero-order valence-electron chi connectivity index (χ0n) is 13.6. The normalized spacial score (nSPS) is 10.7. The lowest BCUT2D eigenvalue weighted by Gasteiger charge is -2.29. The quantitative estimate of drug-likeness (QED) is 0.867. The maximum absolute atomic E-state index is 14.1. The summed E-state index contributed by atoms with van der Waals surface area (Å²) < 4.78 is 24.2. The van der Waals surface area contributed by atoms with Gasteiger partial charge in [-0.15, -0.1) is 12.4 Å². The standard InChI is InChI=1S/C15H23FN2O3.ClH/c1-15(2,8-17)9-18(3)14(19)10-6-12(20-4)13(21-5)7-11(10)16;/h6-7H,8-9,17H2,1-5H3;1H. The molecule has 0 unspecified atom stereocenters. The number of ether oxygens (including phenoxy) is 2. The lowest BCUT2D eigenvalue weighted by Crippen LogP contribution is -2.40. The van der Waals surface area contributed by atoms with Gasteiger partial charge in [0.15, 0.2) is 11.5 Å². The highest BCUT2D eigenvalue weighted by Crippen LogP contribution is 2.30. The van der Waals surface area contributed by atoms with Crippen LogP contribution >= 0.6 is 12.4 Å². The smallest absolute Gasteiger partial charge is 0.256 e. The second-order valence-electron chi connectivity index (χ2n) is 5.72. The fourth-order valence-corrected chi connectivity index (χ4v) is 2.00. The van der Waals surface area contributed by atoms with Gasteiger partial charge in [0, 0.05) is 19.7 Å². The van der Waals surface area contributed by atoms with Gasteiger partial charge >= 0.3 is 0 Å². The van der Waals surface area contributed by atoms with Gasteiger partial charge in [-0.25, -0.2) is 4.39 Å². The first-order chi connectivity index (χ1) is 9.75. The second kappa shape index (κ2) is 8.19. The minimum absolute atomic E-state index is 0. The average molecular weight is 335 g/mol. The average Bonchev–Trinajstić information content (AvgIpc) is 2.45. The van der Waals surface area contributed by atoms with Crippen molar-refractivity contribution in [3.63, 3.8) is 0 Å². The van der Waals surface area contributed by atoms with Crippen molar-refractivity contribution in [2.45, 2.75) is 13.8 Å². The third kappa shape index (κ3) is 4.74. The molecule has 0 heterocycles. The van der Waals surface area contributed by atoms with Crippen molar-refractivity contribution >= 4 is 18.3 Å². The molecule has 7 heteroatoms. The molecule has 1 amide bonds. The summed E-state index contributed by atoms with van der Waals surface area (Å²) >= 11 is 0. The van der Waals surface area contributed by atoms with Crippen molar-refractivity contribution in [2.24, 2.45) is 11.1 Å². The predicted octanol–water partition coefficient (Wildman–Crippen LogP) is 2.32. The molecule has 0 saturated heterocycles. The highest BCUT2D eigenvalue weighted by molar-refractivity contribution is 5.95. The van der Waals surface area contributed by atoms with Crippen LogP contribution in [0.1, 0.15) is 24.2 Å². The summed E-state index contributed by atoms with van der Waals surface area (Å²) in [7, 11) is 4.47. The molecule has 1 aromatic carbocycles. The van der Waals surface area contributed by atoms with Gasteiger partial charge in [-0.05, 0) is 18.0 Å². The highest BCUT2D eigenvalue weighted by Gasteiger charge is 2.25. The monoisotopic (exact) mass is 334 g/mol. The molecule has 0 aliphatic carbocycles. The molecular formula is C15H24ClFN2O3. The molecule has 0 fully saturated rings. The first-order valence-corrected chi connectivity index (χ1v) is 6.62. The molecule has 0 saturated carbocycles. The lowest BCUT2D eigenvalue weighted by atomic mass is 9.93. The van der Waals surface area contributed by atoms with E-state index in [4.69, 9.17) is 15.2 Å². The molecule has 0 bridgehead atoms. The fraction of sp³-hybridized carbons (Fsp3) is 0.533. The van der Waals surface area contributed by atoms with Gasteiger partial charge in [0.1, 0.15) is 5.82 Å². The molecule has 0 radical (unpaired) electrons. The Balaban J connectivity index is 0.00000441. The third-order valence-electron chi connectivity index (χ3n) is 3.27. The number of halogens is 2. The molecule has 126 valence electrons. The van der Waals surface area contributed by atoms with E-state index in [-0.39, 0.29) is 29.1 Å². The van der Waals surface area contributed by atoms with Crippen LogP contribution in [0, 0.1) is 11.2 Å². The number of methoxy groups -OCH3 is 2. The molecule has 0 atom stereocenters. The molecule has 5 nitrogen and oxygen atoms in total. The SMILES string of the molecule is COc1cc(F)c(C(=O)N(C)CC(C)(C)CN)cc1OC.Cl. The Morgan fingerprint density at radius 1 is 1.27 bits per heavy atom. The van der Waals surface area contributed by atoms with Gasteiger partial charge in [0.05, 0.1) is 19.8 Å². The molecule has 0 aliphatic heterocycles. The summed E-state index contributed by atoms with van der Waals surface area (Å²) in [6, 6.07) is 2.50. The van der Waals surface area contributed by atoms with E-state index in [2.05, 4.69) is 0 Å². The Morgan fingerprint density at radius 3 is 2.23 bits per heavy atom. The topological polar surface area (TPSA) is 64.8 Å². The van der Waals surface area contributed by atoms with Crippen molar-refractivity contribution < 1.29 is 18.7 Å². The van der Waals surface area contributed by atoms with Crippen LogP contribution in [0.4, 0.5) is 4.39 Å².